The van der Waals surface area contributed by atoms with Gasteiger partial charge in [0.2, 0.25) is 5.91 Å². The Kier molecular flexibility index (Phi) is 5.12. The topological polar surface area (TPSA) is 49.4 Å². The minimum atomic E-state index is -0.111. The van der Waals surface area contributed by atoms with Gasteiger partial charge in [0.25, 0.3) is 0 Å². The SMILES string of the molecule is CC(=O)CN1CCNC(CC(C)C(C)C)C1=O. The van der Waals surface area contributed by atoms with Crippen molar-refractivity contribution < 1.29 is 9.59 Å². The van der Waals surface area contributed by atoms with Crippen LogP contribution in [-0.2, 0) is 9.59 Å². The fourth-order valence-electron chi connectivity index (χ4n) is 2.05. The number of nitrogens with one attached hydrogen (secondary N) is 1. The number of amides is 1. The zero-order valence-corrected chi connectivity index (χ0v) is 11.3. The molecule has 2 unspecified atom stereocenters. The second-order valence-corrected chi connectivity index (χ2v) is 5.43. The van der Waals surface area contributed by atoms with E-state index in [2.05, 4.69) is 26.1 Å². The van der Waals surface area contributed by atoms with Crippen LogP contribution in [0, 0.1) is 11.8 Å². The first-order valence-electron chi connectivity index (χ1n) is 6.43. The Morgan fingerprint density at radius 2 is 2.12 bits per heavy atom. The van der Waals surface area contributed by atoms with Crippen molar-refractivity contribution in [3.63, 3.8) is 0 Å². The van der Waals surface area contributed by atoms with Gasteiger partial charge in [0.05, 0.1) is 12.6 Å². The van der Waals surface area contributed by atoms with Crippen LogP contribution in [0.15, 0.2) is 0 Å². The van der Waals surface area contributed by atoms with Crippen LogP contribution < -0.4 is 5.32 Å². The molecule has 1 heterocycles. The van der Waals surface area contributed by atoms with Crippen molar-refractivity contribution in [1.29, 1.82) is 0 Å². The molecule has 1 amide bonds. The zero-order valence-electron chi connectivity index (χ0n) is 11.3. The second-order valence-electron chi connectivity index (χ2n) is 5.43. The Labute approximate surface area is 104 Å². The van der Waals surface area contributed by atoms with Crippen molar-refractivity contribution in [3.05, 3.63) is 0 Å². The van der Waals surface area contributed by atoms with E-state index in [9.17, 15) is 9.59 Å². The molecule has 0 aliphatic carbocycles. The Morgan fingerprint density at radius 3 is 2.65 bits per heavy atom. The van der Waals surface area contributed by atoms with Crippen LogP contribution in [0.5, 0.6) is 0 Å². The highest BCUT2D eigenvalue weighted by molar-refractivity contribution is 5.88. The van der Waals surface area contributed by atoms with Crippen molar-refractivity contribution >= 4 is 11.7 Å². The molecule has 1 aliphatic rings. The Balaban J connectivity index is 2.56. The third-order valence-corrected chi connectivity index (χ3v) is 3.54. The van der Waals surface area contributed by atoms with Gasteiger partial charge in [-0.3, -0.25) is 9.59 Å². The minimum Gasteiger partial charge on any atom is -0.333 e. The molecule has 1 N–H and O–H groups in total. The second kappa shape index (κ2) is 6.15. The molecule has 0 aromatic heterocycles. The lowest BCUT2D eigenvalue weighted by molar-refractivity contribution is -0.139. The highest BCUT2D eigenvalue weighted by atomic mass is 16.2. The van der Waals surface area contributed by atoms with E-state index in [0.717, 1.165) is 13.0 Å². The zero-order chi connectivity index (χ0) is 13.0. The number of hydrogen-bond donors (Lipinski definition) is 1. The molecule has 4 heteroatoms. The van der Waals surface area contributed by atoms with Gasteiger partial charge in [0, 0.05) is 13.1 Å². The van der Waals surface area contributed by atoms with Gasteiger partial charge < -0.3 is 10.2 Å². The average molecular weight is 240 g/mol. The molecule has 1 aliphatic heterocycles. The summed E-state index contributed by atoms with van der Waals surface area (Å²) in [5.74, 6) is 1.22. The molecule has 0 aromatic rings. The molecule has 0 bridgehead atoms. The molecule has 1 saturated heterocycles. The van der Waals surface area contributed by atoms with Crippen LogP contribution in [0.25, 0.3) is 0 Å². The summed E-state index contributed by atoms with van der Waals surface area (Å²) in [6.07, 6.45) is 0.852. The minimum absolute atomic E-state index is 0.0518. The van der Waals surface area contributed by atoms with Crippen LogP contribution in [0.1, 0.15) is 34.1 Å². The van der Waals surface area contributed by atoms with Crippen molar-refractivity contribution in [3.8, 4) is 0 Å². The smallest absolute Gasteiger partial charge is 0.240 e. The maximum atomic E-state index is 12.1. The maximum absolute atomic E-state index is 12.1. The van der Waals surface area contributed by atoms with Crippen molar-refractivity contribution in [2.45, 2.75) is 40.2 Å². The van der Waals surface area contributed by atoms with E-state index in [1.165, 1.54) is 6.92 Å². The lowest BCUT2D eigenvalue weighted by Gasteiger charge is -2.34. The highest BCUT2D eigenvalue weighted by Gasteiger charge is 2.30. The van der Waals surface area contributed by atoms with E-state index in [-0.39, 0.29) is 24.3 Å². The number of Topliss-reactive ketones (excluding diaryl/α,β-unsaturated/α-hetero) is 1. The summed E-state index contributed by atoms with van der Waals surface area (Å²) < 4.78 is 0. The first-order chi connectivity index (χ1) is 7.91. The molecule has 4 nitrogen and oxygen atoms in total. The van der Waals surface area contributed by atoms with Gasteiger partial charge in [-0.1, -0.05) is 20.8 Å². The number of carbonyl (C=O) groups excluding carboxylic acids is 2. The standard InChI is InChI=1S/C13H24N2O2/c1-9(2)10(3)7-12-13(17)15(6-5-14-12)8-11(4)16/h9-10,12,14H,5-8H2,1-4H3. The molecule has 2 atom stereocenters. The summed E-state index contributed by atoms with van der Waals surface area (Å²) >= 11 is 0. The number of ketones is 1. The molecular weight excluding hydrogens is 216 g/mol. The van der Waals surface area contributed by atoms with Crippen molar-refractivity contribution in [2.75, 3.05) is 19.6 Å². The summed E-state index contributed by atoms with van der Waals surface area (Å²) in [6.45, 7) is 9.73. The van der Waals surface area contributed by atoms with Gasteiger partial charge >= 0.3 is 0 Å². The highest BCUT2D eigenvalue weighted by Crippen LogP contribution is 2.18. The van der Waals surface area contributed by atoms with Crippen LogP contribution >= 0.6 is 0 Å². The van der Waals surface area contributed by atoms with Crippen LogP contribution in [0.3, 0.4) is 0 Å². The van der Waals surface area contributed by atoms with E-state index >= 15 is 0 Å². The van der Waals surface area contributed by atoms with Gasteiger partial charge in [-0.25, -0.2) is 0 Å². The van der Waals surface area contributed by atoms with Gasteiger partial charge in [0.15, 0.2) is 0 Å². The maximum Gasteiger partial charge on any atom is 0.240 e. The summed E-state index contributed by atoms with van der Waals surface area (Å²) in [5.41, 5.74) is 0. The van der Waals surface area contributed by atoms with E-state index in [1.54, 1.807) is 4.90 Å². The van der Waals surface area contributed by atoms with E-state index in [1.807, 2.05) is 0 Å². The van der Waals surface area contributed by atoms with Gasteiger partial charge in [0.1, 0.15) is 5.78 Å². The van der Waals surface area contributed by atoms with Crippen LogP contribution in [0.2, 0.25) is 0 Å². The van der Waals surface area contributed by atoms with Gasteiger partial charge in [-0.05, 0) is 25.2 Å². The molecule has 98 valence electrons. The van der Waals surface area contributed by atoms with Crippen molar-refractivity contribution in [2.24, 2.45) is 11.8 Å². The molecular formula is C13H24N2O2. The van der Waals surface area contributed by atoms with E-state index in [0.29, 0.717) is 18.4 Å². The number of nitrogens with zero attached hydrogens (tertiary/aromatic N) is 1. The Morgan fingerprint density at radius 1 is 1.47 bits per heavy atom. The van der Waals surface area contributed by atoms with Gasteiger partial charge in [-0.2, -0.15) is 0 Å². The fourth-order valence-corrected chi connectivity index (χ4v) is 2.05. The molecule has 17 heavy (non-hydrogen) atoms. The lowest BCUT2D eigenvalue weighted by atomic mass is 9.90. The first kappa shape index (κ1) is 14.2. The van der Waals surface area contributed by atoms with Crippen LogP contribution in [0.4, 0.5) is 0 Å². The Hall–Kier alpha value is -0.900. The van der Waals surface area contributed by atoms with Crippen LogP contribution in [-0.4, -0.2) is 42.3 Å². The van der Waals surface area contributed by atoms with Crippen molar-refractivity contribution in [1.82, 2.24) is 10.2 Å². The largest absolute Gasteiger partial charge is 0.333 e. The lowest BCUT2D eigenvalue weighted by Crippen LogP contribution is -2.56. The van der Waals surface area contributed by atoms with Gasteiger partial charge in [-0.15, -0.1) is 0 Å². The number of hydrogen-bond acceptors (Lipinski definition) is 3. The molecule has 0 saturated carbocycles. The predicted octanol–water partition coefficient (Wildman–Crippen LogP) is 1.06. The third-order valence-electron chi connectivity index (χ3n) is 3.54. The monoisotopic (exact) mass is 240 g/mol. The molecule has 0 spiro atoms. The summed E-state index contributed by atoms with van der Waals surface area (Å²) in [4.78, 5) is 24.9. The first-order valence-corrected chi connectivity index (χ1v) is 6.43. The quantitative estimate of drug-likeness (QED) is 0.781. The molecule has 0 aromatic carbocycles. The average Bonchev–Trinajstić information content (AvgIpc) is 2.23. The van der Waals surface area contributed by atoms with E-state index in [4.69, 9.17) is 0 Å². The summed E-state index contributed by atoms with van der Waals surface area (Å²) in [5, 5.41) is 3.26. The predicted molar refractivity (Wildman–Crippen MR) is 67.7 cm³/mol. The molecule has 1 rings (SSSR count). The molecule has 1 fully saturated rings. The number of rotatable bonds is 5. The Bertz CT molecular complexity index is 289. The third kappa shape index (κ3) is 4.11. The summed E-state index contributed by atoms with van der Waals surface area (Å²) in [6, 6.07) is -0.111. The number of carbonyl (C=O) groups is 2. The molecule has 0 radical (unpaired) electrons. The van der Waals surface area contributed by atoms with E-state index < -0.39 is 0 Å². The normalized spacial score (nSPS) is 23.0. The fraction of sp³-hybridized carbons (Fsp3) is 0.846. The number of piperazine rings is 1. The summed E-state index contributed by atoms with van der Waals surface area (Å²) in [7, 11) is 0.